The fraction of sp³-hybridized carbons (Fsp3) is 0.0952. The maximum absolute atomic E-state index is 11.7. The molecule has 0 bridgehead atoms. The van der Waals surface area contributed by atoms with Crippen molar-refractivity contribution in [2.24, 2.45) is 26.2 Å². The number of urea groups is 1. The van der Waals surface area contributed by atoms with Crippen LogP contribution >= 0.6 is 0 Å². The van der Waals surface area contributed by atoms with E-state index in [9.17, 15) is 30.7 Å². The highest BCUT2D eigenvalue weighted by molar-refractivity contribution is 7.86. The van der Waals surface area contributed by atoms with E-state index < -0.39 is 41.7 Å². The molecule has 0 atom stereocenters. The minimum atomic E-state index is -4.76. The van der Waals surface area contributed by atoms with E-state index in [0.29, 0.717) is 33.9 Å². The Bertz CT molecular complexity index is 1620. The van der Waals surface area contributed by atoms with Crippen LogP contribution in [-0.2, 0) is 20.2 Å². The molecule has 3 rings (SSSR count). The number of hydrogen-bond donors (Lipinski definition) is 4. The zero-order valence-electron chi connectivity index (χ0n) is 18.8. The van der Waals surface area contributed by atoms with E-state index >= 15 is 0 Å². The van der Waals surface area contributed by atoms with Crippen LogP contribution < -0.4 is 11.1 Å². The molecule has 2 amide bonds. The minimum absolute atomic E-state index is 0.292. The van der Waals surface area contributed by atoms with Gasteiger partial charge in [-0.25, -0.2) is 4.79 Å². The Hall–Kier alpha value is -4.05. The third-order valence-corrected chi connectivity index (χ3v) is 6.46. The minimum Gasteiger partial charge on any atom is -0.351 e. The molecule has 0 aliphatic carbocycles. The molecule has 36 heavy (non-hydrogen) atoms. The first-order valence-electron chi connectivity index (χ1n) is 9.95. The van der Waals surface area contributed by atoms with Crippen LogP contribution in [0.25, 0.3) is 0 Å². The molecule has 0 fully saturated rings. The van der Waals surface area contributed by atoms with Gasteiger partial charge in [-0.3, -0.25) is 9.11 Å². The molecule has 0 unspecified atom stereocenters. The number of nitrogens with one attached hydrogen (secondary N) is 1. The number of benzene rings is 3. The molecule has 13 nitrogen and oxygen atoms in total. The lowest BCUT2D eigenvalue weighted by atomic mass is 10.1. The summed E-state index contributed by atoms with van der Waals surface area (Å²) >= 11 is 0. The van der Waals surface area contributed by atoms with E-state index in [1.54, 1.807) is 50.2 Å². The molecule has 3 aromatic carbocycles. The predicted molar refractivity (Wildman–Crippen MR) is 130 cm³/mol. The number of nitrogens with two attached hydrogens (primary N) is 1. The summed E-state index contributed by atoms with van der Waals surface area (Å²) in [6.45, 7) is 3.39. The number of amides is 2. The number of carbonyl (C=O) groups is 1. The summed E-state index contributed by atoms with van der Waals surface area (Å²) in [5.74, 6) is 0. The lowest BCUT2D eigenvalue weighted by Crippen LogP contribution is -2.19. The Morgan fingerprint density at radius 1 is 0.750 bits per heavy atom. The standard InChI is InChI=1S/C21H20N6O7S2/c1-12-10-18(26-27-19-11-14(35(29,30)31)7-8-20(19)36(32,33)34)13(2)9-17(12)25-24-16-6-4-3-5-15(16)23-21(22)28/h3-11H,1-2H3,(H3,22,23,28)(H,29,30,31)(H,32,33,34). The molecule has 188 valence electrons. The molecule has 0 saturated heterocycles. The van der Waals surface area contributed by atoms with Crippen molar-refractivity contribution in [2.45, 2.75) is 23.6 Å². The van der Waals surface area contributed by atoms with Crippen LogP contribution in [0, 0.1) is 13.8 Å². The smallest absolute Gasteiger partial charge is 0.316 e. The predicted octanol–water partition coefficient (Wildman–Crippen LogP) is 5.12. The third kappa shape index (κ3) is 6.54. The normalized spacial score (nSPS) is 12.3. The average molecular weight is 533 g/mol. The SMILES string of the molecule is Cc1cc(N=Nc2cc(S(=O)(=O)O)ccc2S(=O)(=O)O)c(C)cc1N=Nc1ccccc1NC(N)=O. The van der Waals surface area contributed by atoms with E-state index in [0.717, 1.165) is 18.2 Å². The third-order valence-electron chi connectivity index (χ3n) is 4.71. The molecule has 5 N–H and O–H groups in total. The summed E-state index contributed by atoms with van der Waals surface area (Å²) in [6.07, 6.45) is 0. The van der Waals surface area contributed by atoms with Gasteiger partial charge in [0, 0.05) is 0 Å². The van der Waals surface area contributed by atoms with Crippen LogP contribution in [0.4, 0.5) is 33.2 Å². The Balaban J connectivity index is 1.98. The molecule has 3 aromatic rings. The first-order valence-corrected chi connectivity index (χ1v) is 12.8. The first-order chi connectivity index (χ1) is 16.8. The molecule has 15 heteroatoms. The largest absolute Gasteiger partial charge is 0.351 e. The summed E-state index contributed by atoms with van der Waals surface area (Å²) < 4.78 is 64.8. The van der Waals surface area contributed by atoms with Crippen molar-refractivity contribution < 1.29 is 30.7 Å². The Morgan fingerprint density at radius 2 is 1.28 bits per heavy atom. The van der Waals surface area contributed by atoms with Gasteiger partial charge in [0.25, 0.3) is 20.2 Å². The molecular weight excluding hydrogens is 512 g/mol. The van der Waals surface area contributed by atoms with Crippen molar-refractivity contribution >= 4 is 54.7 Å². The van der Waals surface area contributed by atoms with Gasteiger partial charge in [-0.2, -0.15) is 27.1 Å². The fourth-order valence-corrected chi connectivity index (χ4v) is 4.07. The highest BCUT2D eigenvalue weighted by Gasteiger charge is 2.20. The summed E-state index contributed by atoms with van der Waals surface area (Å²) in [7, 11) is -9.42. The number of hydrogen-bond acceptors (Lipinski definition) is 9. The Kier molecular flexibility index (Phi) is 7.59. The molecule has 0 heterocycles. The zero-order chi connectivity index (χ0) is 26.7. The zero-order valence-corrected chi connectivity index (χ0v) is 20.4. The van der Waals surface area contributed by atoms with Crippen molar-refractivity contribution in [3.05, 3.63) is 65.7 Å². The lowest BCUT2D eigenvalue weighted by molar-refractivity contribution is 0.259. The summed E-state index contributed by atoms with van der Waals surface area (Å²) in [5, 5.41) is 18.6. The van der Waals surface area contributed by atoms with Crippen molar-refractivity contribution in [3.8, 4) is 0 Å². The van der Waals surface area contributed by atoms with Gasteiger partial charge in [0.1, 0.15) is 16.3 Å². The number of para-hydroxylation sites is 1. The second-order valence-corrected chi connectivity index (χ2v) is 10.2. The summed E-state index contributed by atoms with van der Waals surface area (Å²) in [5.41, 5.74) is 7.34. The van der Waals surface area contributed by atoms with E-state index in [1.807, 2.05) is 0 Å². The van der Waals surface area contributed by atoms with E-state index in [-0.39, 0.29) is 0 Å². The van der Waals surface area contributed by atoms with Crippen LogP contribution in [0.5, 0.6) is 0 Å². The molecular formula is C21H20N6O7S2. The number of nitrogens with zero attached hydrogens (tertiary/aromatic N) is 4. The molecule has 0 aromatic heterocycles. The van der Waals surface area contributed by atoms with Crippen molar-refractivity contribution in [2.75, 3.05) is 5.32 Å². The van der Waals surface area contributed by atoms with Crippen LogP contribution in [0.3, 0.4) is 0 Å². The highest BCUT2D eigenvalue weighted by atomic mass is 32.2. The second kappa shape index (κ2) is 10.3. The van der Waals surface area contributed by atoms with Gasteiger partial charge >= 0.3 is 6.03 Å². The summed E-state index contributed by atoms with van der Waals surface area (Å²) in [4.78, 5) is 9.85. The molecule has 0 aliphatic heterocycles. The van der Waals surface area contributed by atoms with Crippen LogP contribution in [0.15, 0.2) is 84.8 Å². The number of primary amides is 1. The van der Waals surface area contributed by atoms with Crippen LogP contribution in [-0.4, -0.2) is 32.0 Å². The van der Waals surface area contributed by atoms with Gasteiger partial charge < -0.3 is 11.1 Å². The maximum Gasteiger partial charge on any atom is 0.316 e. The Labute approximate surface area is 206 Å². The van der Waals surface area contributed by atoms with E-state index in [4.69, 9.17) is 5.73 Å². The number of anilines is 1. The summed E-state index contributed by atoms with van der Waals surface area (Å²) in [6, 6.07) is 11.5. The van der Waals surface area contributed by atoms with Gasteiger partial charge in [0.2, 0.25) is 0 Å². The van der Waals surface area contributed by atoms with Crippen molar-refractivity contribution in [1.82, 2.24) is 0 Å². The van der Waals surface area contributed by atoms with Gasteiger partial charge in [-0.1, -0.05) is 12.1 Å². The highest BCUT2D eigenvalue weighted by Crippen LogP contribution is 2.34. The monoisotopic (exact) mass is 532 g/mol. The molecule has 0 aliphatic rings. The molecule has 0 saturated carbocycles. The van der Waals surface area contributed by atoms with Gasteiger partial charge in [0.05, 0.1) is 22.0 Å². The van der Waals surface area contributed by atoms with Gasteiger partial charge in [-0.15, -0.1) is 10.2 Å². The van der Waals surface area contributed by atoms with E-state index in [1.165, 1.54) is 0 Å². The fourth-order valence-electron chi connectivity index (χ4n) is 2.97. The van der Waals surface area contributed by atoms with Crippen LogP contribution in [0.1, 0.15) is 11.1 Å². The van der Waals surface area contributed by atoms with E-state index in [2.05, 4.69) is 25.8 Å². The average Bonchev–Trinajstić information content (AvgIpc) is 2.77. The van der Waals surface area contributed by atoms with Crippen molar-refractivity contribution in [3.63, 3.8) is 0 Å². The van der Waals surface area contributed by atoms with Gasteiger partial charge in [0.15, 0.2) is 0 Å². The van der Waals surface area contributed by atoms with Crippen LogP contribution in [0.2, 0.25) is 0 Å². The first kappa shape index (κ1) is 26.6. The van der Waals surface area contributed by atoms with Crippen molar-refractivity contribution in [1.29, 1.82) is 0 Å². The number of rotatable bonds is 7. The second-order valence-electron chi connectivity index (χ2n) is 7.41. The quantitative estimate of drug-likeness (QED) is 0.238. The number of carbonyl (C=O) groups excluding carboxylic acids is 1. The van der Waals surface area contributed by atoms with Gasteiger partial charge in [-0.05, 0) is 67.4 Å². The maximum atomic E-state index is 11.7. The molecule has 0 radical (unpaired) electrons. The lowest BCUT2D eigenvalue weighted by Gasteiger charge is -2.07. The number of azo groups is 2. The number of aryl methyl sites for hydroxylation is 2. The molecule has 0 spiro atoms. The topological polar surface area (TPSA) is 213 Å². The Morgan fingerprint density at radius 3 is 1.81 bits per heavy atom.